The Kier molecular flexibility index (Phi) is 6.79. The van der Waals surface area contributed by atoms with Crippen molar-refractivity contribution < 1.29 is 9.47 Å². The molecule has 21 heavy (non-hydrogen) atoms. The van der Waals surface area contributed by atoms with Gasteiger partial charge in [-0.3, -0.25) is 0 Å². The van der Waals surface area contributed by atoms with Gasteiger partial charge in [0.15, 0.2) is 5.82 Å². The summed E-state index contributed by atoms with van der Waals surface area (Å²) in [5, 5.41) is 15.1. The predicted octanol–water partition coefficient (Wildman–Crippen LogP) is 0.805. The van der Waals surface area contributed by atoms with E-state index in [4.69, 9.17) is 9.47 Å². The molecule has 0 aliphatic carbocycles. The zero-order valence-electron chi connectivity index (χ0n) is 12.2. The number of hydrogen-bond acceptors (Lipinski definition) is 6. The Morgan fingerprint density at radius 2 is 2.00 bits per heavy atom. The molecular formula is C14H21N5O2. The van der Waals surface area contributed by atoms with Crippen molar-refractivity contribution in [3.8, 4) is 5.69 Å². The third-order valence-electron chi connectivity index (χ3n) is 2.89. The van der Waals surface area contributed by atoms with Crippen molar-refractivity contribution in [2.45, 2.75) is 13.0 Å². The lowest BCUT2D eigenvalue weighted by atomic mass is 10.3. The monoisotopic (exact) mass is 291 g/mol. The number of ether oxygens (including phenoxy) is 2. The van der Waals surface area contributed by atoms with Crippen LogP contribution in [0.1, 0.15) is 12.2 Å². The maximum atomic E-state index is 5.39. The van der Waals surface area contributed by atoms with E-state index in [2.05, 4.69) is 20.8 Å². The first-order valence-corrected chi connectivity index (χ1v) is 7.02. The normalized spacial score (nSPS) is 10.9. The molecule has 0 fully saturated rings. The number of tetrazole rings is 1. The van der Waals surface area contributed by atoms with Crippen LogP contribution in [0.5, 0.6) is 0 Å². The van der Waals surface area contributed by atoms with E-state index >= 15 is 0 Å². The van der Waals surface area contributed by atoms with Crippen LogP contribution in [0.15, 0.2) is 30.3 Å². The van der Waals surface area contributed by atoms with Crippen LogP contribution in [0, 0.1) is 0 Å². The SMILES string of the molecule is COCCOCCCNCc1nnnn1-c1ccccc1. The lowest BCUT2D eigenvalue weighted by Crippen LogP contribution is -2.19. The second kappa shape index (κ2) is 9.17. The second-order valence-electron chi connectivity index (χ2n) is 4.48. The fourth-order valence-corrected chi connectivity index (χ4v) is 1.83. The molecule has 0 atom stereocenters. The average Bonchev–Trinajstić information content (AvgIpc) is 2.99. The van der Waals surface area contributed by atoms with Crippen LogP contribution < -0.4 is 5.32 Å². The molecule has 7 heteroatoms. The van der Waals surface area contributed by atoms with Crippen molar-refractivity contribution in [1.82, 2.24) is 25.5 Å². The van der Waals surface area contributed by atoms with Crippen molar-refractivity contribution in [1.29, 1.82) is 0 Å². The summed E-state index contributed by atoms with van der Waals surface area (Å²) in [5.41, 5.74) is 0.960. The minimum absolute atomic E-state index is 0.625. The van der Waals surface area contributed by atoms with Crippen LogP contribution >= 0.6 is 0 Å². The summed E-state index contributed by atoms with van der Waals surface area (Å²) in [7, 11) is 1.67. The largest absolute Gasteiger partial charge is 0.382 e. The summed E-state index contributed by atoms with van der Waals surface area (Å²) in [5.74, 6) is 0.793. The first kappa shape index (κ1) is 15.6. The molecule has 0 unspecified atom stereocenters. The Bertz CT molecular complexity index is 503. The first-order valence-electron chi connectivity index (χ1n) is 7.02. The number of benzene rings is 1. The van der Waals surface area contributed by atoms with E-state index in [1.54, 1.807) is 11.8 Å². The molecule has 0 spiro atoms. The van der Waals surface area contributed by atoms with Crippen LogP contribution in [0.2, 0.25) is 0 Å². The van der Waals surface area contributed by atoms with Gasteiger partial charge in [0.05, 0.1) is 25.4 Å². The molecule has 1 N–H and O–H groups in total. The van der Waals surface area contributed by atoms with E-state index in [1.165, 1.54) is 0 Å². The maximum Gasteiger partial charge on any atom is 0.170 e. The van der Waals surface area contributed by atoms with Gasteiger partial charge in [0.25, 0.3) is 0 Å². The summed E-state index contributed by atoms with van der Waals surface area (Å²) >= 11 is 0. The number of para-hydroxylation sites is 1. The number of hydrogen-bond donors (Lipinski definition) is 1. The van der Waals surface area contributed by atoms with E-state index < -0.39 is 0 Å². The van der Waals surface area contributed by atoms with Crippen LogP contribution in [0.3, 0.4) is 0 Å². The highest BCUT2D eigenvalue weighted by atomic mass is 16.5. The van der Waals surface area contributed by atoms with Crippen LogP contribution in [0.4, 0.5) is 0 Å². The van der Waals surface area contributed by atoms with Crippen LogP contribution in [-0.2, 0) is 16.0 Å². The third kappa shape index (κ3) is 5.22. The van der Waals surface area contributed by atoms with Gasteiger partial charge < -0.3 is 14.8 Å². The number of aromatic nitrogens is 4. The zero-order valence-corrected chi connectivity index (χ0v) is 12.2. The quantitative estimate of drug-likeness (QED) is 0.653. The molecule has 2 aromatic rings. The molecule has 1 aromatic heterocycles. The Balaban J connectivity index is 1.69. The smallest absolute Gasteiger partial charge is 0.170 e. The maximum absolute atomic E-state index is 5.39. The zero-order chi connectivity index (χ0) is 14.8. The predicted molar refractivity (Wildman–Crippen MR) is 78.2 cm³/mol. The number of methoxy groups -OCH3 is 1. The van der Waals surface area contributed by atoms with Crippen molar-refractivity contribution in [2.24, 2.45) is 0 Å². The van der Waals surface area contributed by atoms with E-state index in [-0.39, 0.29) is 0 Å². The third-order valence-corrected chi connectivity index (χ3v) is 2.89. The Hall–Kier alpha value is -1.83. The molecule has 0 saturated heterocycles. The van der Waals surface area contributed by atoms with Crippen molar-refractivity contribution in [2.75, 3.05) is 33.5 Å². The number of rotatable bonds is 10. The van der Waals surface area contributed by atoms with Crippen molar-refractivity contribution in [3.05, 3.63) is 36.2 Å². The van der Waals surface area contributed by atoms with Crippen molar-refractivity contribution >= 4 is 0 Å². The molecule has 0 aliphatic rings. The first-order chi connectivity index (χ1) is 10.4. The fraction of sp³-hybridized carbons (Fsp3) is 0.500. The van der Waals surface area contributed by atoms with Crippen LogP contribution in [-0.4, -0.2) is 53.7 Å². The molecule has 7 nitrogen and oxygen atoms in total. The Morgan fingerprint density at radius 3 is 2.81 bits per heavy atom. The topological polar surface area (TPSA) is 74.1 Å². The number of nitrogens with zero attached hydrogens (tertiary/aromatic N) is 4. The molecule has 114 valence electrons. The fourth-order valence-electron chi connectivity index (χ4n) is 1.83. The average molecular weight is 291 g/mol. The highest BCUT2D eigenvalue weighted by molar-refractivity contribution is 5.30. The van der Waals surface area contributed by atoms with E-state index in [1.807, 2.05) is 30.3 Å². The standard InChI is InChI=1S/C14H21N5O2/c1-20-10-11-21-9-5-8-15-12-14-16-17-18-19(14)13-6-3-2-4-7-13/h2-4,6-7,15H,5,8-12H2,1H3. The summed E-state index contributed by atoms with van der Waals surface area (Å²) < 4.78 is 12.0. The molecular weight excluding hydrogens is 270 g/mol. The van der Waals surface area contributed by atoms with Crippen molar-refractivity contribution in [3.63, 3.8) is 0 Å². The minimum Gasteiger partial charge on any atom is -0.382 e. The second-order valence-corrected chi connectivity index (χ2v) is 4.48. The highest BCUT2D eigenvalue weighted by Gasteiger charge is 2.06. The lowest BCUT2D eigenvalue weighted by molar-refractivity contribution is 0.0694. The molecule has 0 radical (unpaired) electrons. The lowest BCUT2D eigenvalue weighted by Gasteiger charge is -2.06. The molecule has 2 rings (SSSR count). The minimum atomic E-state index is 0.625. The summed E-state index contributed by atoms with van der Waals surface area (Å²) in [6.07, 6.45) is 0.941. The summed E-state index contributed by atoms with van der Waals surface area (Å²) in [4.78, 5) is 0. The molecule has 1 aromatic carbocycles. The van der Waals surface area contributed by atoms with Gasteiger partial charge in [-0.25, -0.2) is 0 Å². The Labute approximate surface area is 124 Å². The number of nitrogens with one attached hydrogen (secondary N) is 1. The van der Waals surface area contributed by atoms with Gasteiger partial charge in [0.1, 0.15) is 0 Å². The van der Waals surface area contributed by atoms with Gasteiger partial charge in [-0.1, -0.05) is 18.2 Å². The van der Waals surface area contributed by atoms with Crippen LogP contribution in [0.25, 0.3) is 5.69 Å². The van der Waals surface area contributed by atoms with Gasteiger partial charge in [-0.15, -0.1) is 5.10 Å². The van der Waals surface area contributed by atoms with Gasteiger partial charge in [0, 0.05) is 13.7 Å². The summed E-state index contributed by atoms with van der Waals surface area (Å²) in [6, 6.07) is 9.85. The van der Waals surface area contributed by atoms with Gasteiger partial charge in [0.2, 0.25) is 0 Å². The van der Waals surface area contributed by atoms with E-state index in [0.29, 0.717) is 19.8 Å². The van der Waals surface area contributed by atoms with Gasteiger partial charge >= 0.3 is 0 Å². The Morgan fingerprint density at radius 1 is 1.14 bits per heavy atom. The summed E-state index contributed by atoms with van der Waals surface area (Å²) in [6.45, 7) is 3.48. The van der Waals surface area contributed by atoms with E-state index in [0.717, 1.165) is 31.1 Å². The molecule has 0 aliphatic heterocycles. The molecule has 0 saturated carbocycles. The molecule has 0 amide bonds. The molecule has 0 bridgehead atoms. The van der Waals surface area contributed by atoms with E-state index in [9.17, 15) is 0 Å². The van der Waals surface area contributed by atoms with Gasteiger partial charge in [-0.05, 0) is 35.5 Å². The molecule has 1 heterocycles. The highest BCUT2D eigenvalue weighted by Crippen LogP contribution is 2.06. The van der Waals surface area contributed by atoms with Gasteiger partial charge in [-0.2, -0.15) is 4.68 Å².